The summed E-state index contributed by atoms with van der Waals surface area (Å²) in [5.74, 6) is 0. The van der Waals surface area contributed by atoms with Gasteiger partial charge in [-0.2, -0.15) is 0 Å². The van der Waals surface area contributed by atoms with E-state index < -0.39 is 0 Å². The number of benzene rings is 2. The van der Waals surface area contributed by atoms with Crippen molar-refractivity contribution in [2.45, 2.75) is 33.1 Å². The van der Waals surface area contributed by atoms with Crippen LogP contribution in [0.15, 0.2) is 53.0 Å². The Morgan fingerprint density at radius 2 is 1.38 bits per heavy atom. The molecule has 0 bridgehead atoms. The highest BCUT2D eigenvalue weighted by molar-refractivity contribution is 9.10. The van der Waals surface area contributed by atoms with E-state index in [1.807, 2.05) is 12.1 Å². The van der Waals surface area contributed by atoms with Crippen molar-refractivity contribution in [3.8, 4) is 0 Å². The van der Waals surface area contributed by atoms with Gasteiger partial charge in [0.25, 0.3) is 0 Å². The van der Waals surface area contributed by atoms with Gasteiger partial charge in [-0.1, -0.05) is 59.3 Å². The minimum atomic E-state index is 0.646. The highest BCUT2D eigenvalue weighted by Crippen LogP contribution is 2.12. The van der Waals surface area contributed by atoms with Crippen molar-refractivity contribution in [1.82, 2.24) is 5.32 Å². The van der Waals surface area contributed by atoms with E-state index in [1.54, 1.807) is 0 Å². The smallest absolute Gasteiger partial charge is 0.0721 e. The number of ether oxygens (including phenoxy) is 1. The van der Waals surface area contributed by atoms with E-state index in [0.29, 0.717) is 13.2 Å². The summed E-state index contributed by atoms with van der Waals surface area (Å²) >= 11 is 3.43. The van der Waals surface area contributed by atoms with Gasteiger partial charge in [-0.05, 0) is 41.8 Å². The van der Waals surface area contributed by atoms with Crippen LogP contribution >= 0.6 is 15.9 Å². The molecule has 0 saturated carbocycles. The molecule has 0 aliphatic carbocycles. The summed E-state index contributed by atoms with van der Waals surface area (Å²) in [5, 5.41) is 3.40. The summed E-state index contributed by atoms with van der Waals surface area (Å²) in [5.41, 5.74) is 3.73. The van der Waals surface area contributed by atoms with Gasteiger partial charge in [0.05, 0.1) is 13.2 Å². The largest absolute Gasteiger partial charge is 0.372 e. The van der Waals surface area contributed by atoms with Crippen LogP contribution < -0.4 is 5.32 Å². The maximum Gasteiger partial charge on any atom is 0.0721 e. The third-order valence-corrected chi connectivity index (χ3v) is 3.76. The van der Waals surface area contributed by atoms with Crippen LogP contribution in [0.1, 0.15) is 30.0 Å². The van der Waals surface area contributed by atoms with Crippen molar-refractivity contribution in [1.29, 1.82) is 0 Å². The lowest BCUT2D eigenvalue weighted by molar-refractivity contribution is 0.107. The molecular weight excluding hydrogens is 326 g/mol. The summed E-state index contributed by atoms with van der Waals surface area (Å²) in [4.78, 5) is 0. The molecule has 112 valence electrons. The van der Waals surface area contributed by atoms with E-state index in [9.17, 15) is 0 Å². The Balaban J connectivity index is 1.74. The highest BCUT2D eigenvalue weighted by atomic mass is 79.9. The highest BCUT2D eigenvalue weighted by Gasteiger charge is 1.97. The zero-order valence-electron chi connectivity index (χ0n) is 12.4. The molecule has 2 rings (SSSR count). The minimum Gasteiger partial charge on any atom is -0.372 e. The first kappa shape index (κ1) is 16.2. The fraction of sp³-hybridized carbons (Fsp3) is 0.333. The monoisotopic (exact) mass is 347 g/mol. The molecule has 21 heavy (non-hydrogen) atoms. The molecule has 0 aromatic heterocycles. The van der Waals surface area contributed by atoms with E-state index >= 15 is 0 Å². The Morgan fingerprint density at radius 3 is 1.95 bits per heavy atom. The minimum absolute atomic E-state index is 0.646. The van der Waals surface area contributed by atoms with Crippen molar-refractivity contribution >= 4 is 15.9 Å². The molecule has 0 fully saturated rings. The molecule has 0 saturated heterocycles. The van der Waals surface area contributed by atoms with E-state index in [0.717, 1.165) is 17.6 Å². The van der Waals surface area contributed by atoms with Crippen LogP contribution in [0, 0.1) is 0 Å². The fourth-order valence-corrected chi connectivity index (χ4v) is 2.29. The average Bonchev–Trinajstić information content (AvgIpc) is 2.51. The first-order chi connectivity index (χ1) is 10.3. The van der Waals surface area contributed by atoms with Crippen LogP contribution in [0.4, 0.5) is 0 Å². The number of hydrogen-bond acceptors (Lipinski definition) is 2. The molecule has 3 heteroatoms. The van der Waals surface area contributed by atoms with Gasteiger partial charge in [-0.3, -0.25) is 0 Å². The molecule has 0 atom stereocenters. The van der Waals surface area contributed by atoms with Crippen LogP contribution in [0.3, 0.4) is 0 Å². The zero-order chi connectivity index (χ0) is 14.9. The second-order valence-corrected chi connectivity index (χ2v) is 6.03. The molecule has 0 spiro atoms. The number of halogens is 1. The van der Waals surface area contributed by atoms with E-state index in [-0.39, 0.29) is 0 Å². The standard InChI is InChI=1S/C18H22BrNO/c1-2-11-20-12-15-3-5-16(6-4-15)13-21-14-17-7-9-18(19)10-8-17/h3-10,20H,2,11-14H2,1H3. The maximum atomic E-state index is 5.75. The van der Waals surface area contributed by atoms with Gasteiger partial charge < -0.3 is 10.1 Å². The normalized spacial score (nSPS) is 10.8. The number of rotatable bonds is 8. The van der Waals surface area contributed by atoms with Crippen molar-refractivity contribution in [2.75, 3.05) is 6.54 Å². The number of nitrogens with one attached hydrogen (secondary N) is 1. The fourth-order valence-electron chi connectivity index (χ4n) is 2.03. The van der Waals surface area contributed by atoms with E-state index in [2.05, 4.69) is 64.6 Å². The van der Waals surface area contributed by atoms with Gasteiger partial charge in [0.1, 0.15) is 0 Å². The summed E-state index contributed by atoms with van der Waals surface area (Å²) in [6.45, 7) is 5.48. The first-order valence-corrected chi connectivity index (χ1v) is 8.18. The SMILES string of the molecule is CCCNCc1ccc(COCc2ccc(Br)cc2)cc1. The summed E-state index contributed by atoms with van der Waals surface area (Å²) in [6, 6.07) is 16.9. The molecule has 1 N–H and O–H groups in total. The van der Waals surface area contributed by atoms with Gasteiger partial charge in [-0.25, -0.2) is 0 Å². The van der Waals surface area contributed by atoms with Crippen molar-refractivity contribution in [3.05, 3.63) is 69.7 Å². The lowest BCUT2D eigenvalue weighted by Crippen LogP contribution is -2.13. The second-order valence-electron chi connectivity index (χ2n) is 5.11. The Kier molecular flexibility index (Phi) is 6.93. The van der Waals surface area contributed by atoms with Crippen molar-refractivity contribution in [2.24, 2.45) is 0 Å². The van der Waals surface area contributed by atoms with E-state index in [1.165, 1.54) is 23.1 Å². The first-order valence-electron chi connectivity index (χ1n) is 7.38. The van der Waals surface area contributed by atoms with Crippen molar-refractivity contribution < 1.29 is 4.74 Å². The molecule has 2 aromatic rings. The Bertz CT molecular complexity index is 522. The Hall–Kier alpha value is -1.16. The average molecular weight is 348 g/mol. The third-order valence-electron chi connectivity index (χ3n) is 3.23. The molecule has 0 aliphatic rings. The molecule has 2 aromatic carbocycles. The summed E-state index contributed by atoms with van der Waals surface area (Å²) in [7, 11) is 0. The third kappa shape index (κ3) is 6.00. The zero-order valence-corrected chi connectivity index (χ0v) is 14.0. The molecule has 0 radical (unpaired) electrons. The van der Waals surface area contributed by atoms with Crippen LogP contribution in [-0.4, -0.2) is 6.54 Å². The van der Waals surface area contributed by atoms with Crippen molar-refractivity contribution in [3.63, 3.8) is 0 Å². The van der Waals surface area contributed by atoms with Crippen LogP contribution in [0.25, 0.3) is 0 Å². The molecule has 0 amide bonds. The predicted molar refractivity (Wildman–Crippen MR) is 91.1 cm³/mol. The van der Waals surface area contributed by atoms with Gasteiger partial charge in [0.15, 0.2) is 0 Å². The predicted octanol–water partition coefficient (Wildman–Crippen LogP) is 4.67. The van der Waals surface area contributed by atoms with Gasteiger partial charge >= 0.3 is 0 Å². The Morgan fingerprint density at radius 1 is 0.857 bits per heavy atom. The lowest BCUT2D eigenvalue weighted by Gasteiger charge is -2.07. The molecule has 0 aliphatic heterocycles. The maximum absolute atomic E-state index is 5.75. The lowest BCUT2D eigenvalue weighted by atomic mass is 10.1. The molecular formula is C18H22BrNO. The summed E-state index contributed by atoms with van der Waals surface area (Å²) < 4.78 is 6.85. The van der Waals surface area contributed by atoms with Gasteiger partial charge in [-0.15, -0.1) is 0 Å². The molecule has 2 nitrogen and oxygen atoms in total. The van der Waals surface area contributed by atoms with Crippen LogP contribution in [0.5, 0.6) is 0 Å². The number of hydrogen-bond donors (Lipinski definition) is 1. The van der Waals surface area contributed by atoms with Gasteiger partial charge in [0.2, 0.25) is 0 Å². The van der Waals surface area contributed by atoms with Gasteiger partial charge in [0, 0.05) is 11.0 Å². The Labute approximate surface area is 135 Å². The van der Waals surface area contributed by atoms with E-state index in [4.69, 9.17) is 4.74 Å². The second kappa shape index (κ2) is 8.98. The van der Waals surface area contributed by atoms with Crippen LogP contribution in [0.2, 0.25) is 0 Å². The quantitative estimate of drug-likeness (QED) is 0.701. The van der Waals surface area contributed by atoms with Crippen LogP contribution in [-0.2, 0) is 24.5 Å². The summed E-state index contributed by atoms with van der Waals surface area (Å²) in [6.07, 6.45) is 1.17. The topological polar surface area (TPSA) is 21.3 Å². The molecule has 0 unspecified atom stereocenters. The molecule has 0 heterocycles.